The molecule has 120 valence electrons. The summed E-state index contributed by atoms with van der Waals surface area (Å²) < 4.78 is 5.09. The minimum atomic E-state index is -0.383. The van der Waals surface area contributed by atoms with Gasteiger partial charge in [-0.05, 0) is 35.9 Å². The maximum atomic E-state index is 12.5. The fourth-order valence-electron chi connectivity index (χ4n) is 2.11. The summed E-state index contributed by atoms with van der Waals surface area (Å²) in [5.74, 6) is -0.0293. The average molecular weight is 320 g/mol. The molecule has 0 bridgehead atoms. The number of carbonyl (C=O) groups excluding carboxylic acids is 2. The number of nitriles is 1. The molecule has 0 aliphatic rings. The first-order valence-electron chi connectivity index (χ1n) is 7.21. The zero-order valence-corrected chi connectivity index (χ0v) is 13.4. The molecule has 0 unspecified atom stereocenters. The molecule has 0 spiro atoms. The summed E-state index contributed by atoms with van der Waals surface area (Å²) in [5.41, 5.74) is 1.56. The topological polar surface area (TPSA) is 79.2 Å². The van der Waals surface area contributed by atoms with E-state index in [1.165, 1.54) is 13.2 Å². The Hall–Kier alpha value is -3.39. The van der Waals surface area contributed by atoms with Crippen LogP contribution in [0.2, 0.25) is 0 Å². The molecule has 5 heteroatoms. The monoisotopic (exact) mass is 320 g/mol. The van der Waals surface area contributed by atoms with Gasteiger partial charge in [0.2, 0.25) is 5.78 Å². The van der Waals surface area contributed by atoms with E-state index < -0.39 is 0 Å². The second kappa shape index (κ2) is 7.75. The number of Topliss-reactive ketones (excluding diaryl/α,β-unsaturated/α-hetero) is 1. The highest BCUT2D eigenvalue weighted by Gasteiger charge is 2.13. The Labute approximate surface area is 140 Å². The lowest BCUT2D eigenvalue weighted by molar-refractivity contribution is 0.0962. The highest BCUT2D eigenvalue weighted by atomic mass is 16.5. The Morgan fingerprint density at radius 2 is 1.83 bits per heavy atom. The summed E-state index contributed by atoms with van der Waals surface area (Å²) in [7, 11) is 3.06. The first-order valence-corrected chi connectivity index (χ1v) is 7.21. The molecule has 0 fully saturated rings. The van der Waals surface area contributed by atoms with E-state index in [-0.39, 0.29) is 17.3 Å². The Balaban J connectivity index is 2.30. The highest BCUT2D eigenvalue weighted by Crippen LogP contribution is 2.17. The lowest BCUT2D eigenvalue weighted by Gasteiger charge is -2.04. The van der Waals surface area contributed by atoms with Gasteiger partial charge in [0.15, 0.2) is 0 Å². The molecule has 0 aliphatic heterocycles. The van der Waals surface area contributed by atoms with Crippen LogP contribution in [0.15, 0.2) is 54.1 Å². The molecule has 5 nitrogen and oxygen atoms in total. The van der Waals surface area contributed by atoms with Crippen LogP contribution in [0.5, 0.6) is 5.75 Å². The van der Waals surface area contributed by atoms with Crippen LogP contribution in [0.3, 0.4) is 0 Å². The normalized spacial score (nSPS) is 10.6. The number of methoxy groups -OCH3 is 1. The van der Waals surface area contributed by atoms with Gasteiger partial charge in [0.25, 0.3) is 5.91 Å². The molecule has 0 aromatic heterocycles. The summed E-state index contributed by atoms with van der Waals surface area (Å²) in [5, 5.41) is 11.8. The van der Waals surface area contributed by atoms with Crippen molar-refractivity contribution in [3.63, 3.8) is 0 Å². The lowest BCUT2D eigenvalue weighted by Crippen LogP contribution is -2.17. The van der Waals surface area contributed by atoms with Crippen LogP contribution in [-0.4, -0.2) is 25.8 Å². The van der Waals surface area contributed by atoms with E-state index in [1.807, 2.05) is 6.07 Å². The van der Waals surface area contributed by atoms with E-state index in [0.717, 1.165) is 0 Å². The second-order valence-electron chi connectivity index (χ2n) is 4.93. The van der Waals surface area contributed by atoms with Gasteiger partial charge in [-0.3, -0.25) is 9.59 Å². The number of amides is 1. The number of ketones is 1. The summed E-state index contributed by atoms with van der Waals surface area (Å²) in [6, 6.07) is 15.2. The van der Waals surface area contributed by atoms with E-state index in [0.29, 0.717) is 22.4 Å². The number of hydrogen-bond acceptors (Lipinski definition) is 4. The smallest absolute Gasteiger partial charge is 0.251 e. The molecule has 0 atom stereocenters. The number of nitrogens with zero attached hydrogens (tertiary/aromatic N) is 1. The lowest BCUT2D eigenvalue weighted by atomic mass is 10.0. The van der Waals surface area contributed by atoms with Crippen molar-refractivity contribution in [1.29, 1.82) is 5.26 Å². The zero-order chi connectivity index (χ0) is 17.5. The van der Waals surface area contributed by atoms with Crippen LogP contribution in [0, 0.1) is 11.3 Å². The van der Waals surface area contributed by atoms with E-state index >= 15 is 0 Å². The minimum Gasteiger partial charge on any atom is -0.497 e. The Kier molecular flexibility index (Phi) is 5.48. The van der Waals surface area contributed by atoms with E-state index in [9.17, 15) is 14.9 Å². The molecule has 2 rings (SSSR count). The molecule has 1 amide bonds. The Bertz CT molecular complexity index is 830. The van der Waals surface area contributed by atoms with Crippen LogP contribution in [0.1, 0.15) is 26.3 Å². The standard InChI is InChI=1S/C19H16N2O3/c1-21-19(23)14-8-6-13(7-9-14)10-16(12-20)18(22)15-4-3-5-17(11-15)24-2/h3-11H,1-2H3,(H,21,23)/b16-10+. The summed E-state index contributed by atoms with van der Waals surface area (Å²) in [4.78, 5) is 24.0. The third kappa shape index (κ3) is 3.87. The average Bonchev–Trinajstić information content (AvgIpc) is 2.65. The molecule has 0 aliphatic carbocycles. The van der Waals surface area contributed by atoms with Crippen molar-refractivity contribution in [3.8, 4) is 11.8 Å². The van der Waals surface area contributed by atoms with E-state index in [4.69, 9.17) is 4.74 Å². The van der Waals surface area contributed by atoms with Crippen molar-refractivity contribution >= 4 is 17.8 Å². The number of benzene rings is 2. The molecular weight excluding hydrogens is 304 g/mol. The van der Waals surface area contributed by atoms with Gasteiger partial charge in [-0.2, -0.15) is 5.26 Å². The van der Waals surface area contributed by atoms with Gasteiger partial charge in [-0.25, -0.2) is 0 Å². The quantitative estimate of drug-likeness (QED) is 0.522. The largest absolute Gasteiger partial charge is 0.497 e. The molecule has 0 radical (unpaired) electrons. The van der Waals surface area contributed by atoms with Crippen molar-refractivity contribution in [1.82, 2.24) is 5.32 Å². The van der Waals surface area contributed by atoms with Crippen LogP contribution in [0.25, 0.3) is 6.08 Å². The number of allylic oxidation sites excluding steroid dienone is 1. The van der Waals surface area contributed by atoms with Crippen molar-refractivity contribution < 1.29 is 14.3 Å². The summed E-state index contributed by atoms with van der Waals surface area (Å²) in [6.07, 6.45) is 1.50. The molecule has 2 aromatic rings. The predicted molar refractivity (Wildman–Crippen MR) is 90.7 cm³/mol. The van der Waals surface area contributed by atoms with Crippen molar-refractivity contribution in [2.24, 2.45) is 0 Å². The van der Waals surface area contributed by atoms with Crippen molar-refractivity contribution in [2.45, 2.75) is 0 Å². The molecule has 24 heavy (non-hydrogen) atoms. The molecule has 2 aromatic carbocycles. The maximum absolute atomic E-state index is 12.5. The highest BCUT2D eigenvalue weighted by molar-refractivity contribution is 6.14. The zero-order valence-electron chi connectivity index (χ0n) is 13.4. The first kappa shape index (κ1) is 17.0. The molecule has 0 saturated carbocycles. The van der Waals surface area contributed by atoms with Crippen LogP contribution in [0.4, 0.5) is 0 Å². The first-order chi connectivity index (χ1) is 11.6. The number of ether oxygens (including phenoxy) is 1. The SMILES string of the molecule is CNC(=O)c1ccc(/C=C(\C#N)C(=O)c2cccc(OC)c2)cc1. The van der Waals surface area contributed by atoms with Gasteiger partial charge in [0.1, 0.15) is 17.4 Å². The fraction of sp³-hybridized carbons (Fsp3) is 0.105. The summed E-state index contributed by atoms with van der Waals surface area (Å²) >= 11 is 0. The third-order valence-corrected chi connectivity index (χ3v) is 3.41. The number of nitrogens with one attached hydrogen (secondary N) is 1. The van der Waals surface area contributed by atoms with Gasteiger partial charge in [-0.1, -0.05) is 24.3 Å². The number of hydrogen-bond donors (Lipinski definition) is 1. The molecule has 0 heterocycles. The predicted octanol–water partition coefficient (Wildman–Crippen LogP) is 2.84. The van der Waals surface area contributed by atoms with Gasteiger partial charge >= 0.3 is 0 Å². The maximum Gasteiger partial charge on any atom is 0.251 e. The fourth-order valence-corrected chi connectivity index (χ4v) is 2.11. The Morgan fingerprint density at radius 3 is 2.42 bits per heavy atom. The van der Waals surface area contributed by atoms with Gasteiger partial charge in [0.05, 0.1) is 7.11 Å². The van der Waals surface area contributed by atoms with Crippen molar-refractivity contribution in [3.05, 3.63) is 70.8 Å². The van der Waals surface area contributed by atoms with Crippen molar-refractivity contribution in [2.75, 3.05) is 14.2 Å². The minimum absolute atomic E-state index is 0.0101. The number of rotatable bonds is 5. The molecule has 1 N–H and O–H groups in total. The summed E-state index contributed by atoms with van der Waals surface area (Å²) in [6.45, 7) is 0. The molecule has 0 saturated heterocycles. The van der Waals surface area contributed by atoms with Gasteiger partial charge in [0, 0.05) is 18.2 Å². The third-order valence-electron chi connectivity index (χ3n) is 3.41. The van der Waals surface area contributed by atoms with Crippen LogP contribution < -0.4 is 10.1 Å². The van der Waals surface area contributed by atoms with Gasteiger partial charge in [-0.15, -0.1) is 0 Å². The van der Waals surface area contributed by atoms with E-state index in [2.05, 4.69) is 5.32 Å². The van der Waals surface area contributed by atoms with E-state index in [1.54, 1.807) is 55.6 Å². The van der Waals surface area contributed by atoms with Crippen LogP contribution >= 0.6 is 0 Å². The second-order valence-corrected chi connectivity index (χ2v) is 4.93. The van der Waals surface area contributed by atoms with Gasteiger partial charge < -0.3 is 10.1 Å². The van der Waals surface area contributed by atoms with Crippen LogP contribution in [-0.2, 0) is 0 Å². The number of carbonyl (C=O) groups is 2. The Morgan fingerprint density at radius 1 is 1.12 bits per heavy atom. The molecular formula is C19H16N2O3.